The van der Waals surface area contributed by atoms with Crippen molar-refractivity contribution >= 4 is 0 Å². The minimum absolute atomic E-state index is 0.0735. The Hall–Kier alpha value is -3.19. The highest BCUT2D eigenvalue weighted by molar-refractivity contribution is 5.66. The number of hydrogen-bond donors (Lipinski definition) is 0. The molecule has 1 fully saturated rings. The summed E-state index contributed by atoms with van der Waals surface area (Å²) in [6.07, 6.45) is 3.61. The van der Waals surface area contributed by atoms with Gasteiger partial charge in [-0.25, -0.2) is 17.6 Å². The molecule has 0 saturated carbocycles. The van der Waals surface area contributed by atoms with E-state index in [2.05, 4.69) is 6.58 Å². The molecule has 7 heteroatoms. The largest absolute Gasteiger partial charge is 0.491 e. The molecule has 0 aromatic heterocycles. The van der Waals surface area contributed by atoms with Gasteiger partial charge in [0.25, 0.3) is 0 Å². The maximum Gasteiger partial charge on any atom is 0.201 e. The van der Waals surface area contributed by atoms with Gasteiger partial charge in [-0.2, -0.15) is 4.39 Å². The van der Waals surface area contributed by atoms with Gasteiger partial charge in [0.2, 0.25) is 5.82 Å². The van der Waals surface area contributed by atoms with Crippen molar-refractivity contribution in [2.24, 2.45) is 0 Å². The number of benzene rings is 3. The number of allylic oxidation sites excluding steroid dienone is 1. The zero-order valence-electron chi connectivity index (χ0n) is 19.9. The quantitative estimate of drug-likeness (QED) is 0.228. The zero-order valence-corrected chi connectivity index (χ0v) is 19.9. The number of hydrogen-bond acceptors (Lipinski definition) is 2. The smallest absolute Gasteiger partial charge is 0.201 e. The first-order valence-corrected chi connectivity index (χ1v) is 12.0. The van der Waals surface area contributed by atoms with Crippen LogP contribution in [0, 0.1) is 29.1 Å². The average molecular weight is 503 g/mol. The van der Waals surface area contributed by atoms with Crippen molar-refractivity contribution in [1.29, 1.82) is 0 Å². The summed E-state index contributed by atoms with van der Waals surface area (Å²) in [6.45, 7) is 5.49. The minimum atomic E-state index is -1.31. The molecular formula is C29H27F5O2. The molecule has 1 aliphatic heterocycles. The summed E-state index contributed by atoms with van der Waals surface area (Å²) >= 11 is 0. The number of halogens is 5. The van der Waals surface area contributed by atoms with Crippen LogP contribution in [0.3, 0.4) is 0 Å². The van der Waals surface area contributed by atoms with Gasteiger partial charge < -0.3 is 9.47 Å². The molecule has 0 N–H and O–H groups in total. The maximum absolute atomic E-state index is 15.1. The lowest BCUT2D eigenvalue weighted by atomic mass is 9.87. The third-order valence-corrected chi connectivity index (χ3v) is 6.51. The van der Waals surface area contributed by atoms with Crippen molar-refractivity contribution in [3.05, 3.63) is 101 Å². The molecule has 0 radical (unpaired) electrons. The molecule has 1 aliphatic rings. The summed E-state index contributed by atoms with van der Waals surface area (Å²) in [5.41, 5.74) is 0.605. The molecule has 3 aromatic carbocycles. The standard InChI is InChI=1S/C29H27F5O2/c1-3-5-6-17-7-9-22(23(30)15-17)24-13-8-18(16-36-24)19-10-11-20(27(32)26(19)31)21-12-14-25(35-4-2)29(34)28(21)33/h3,7,9-12,14-15,18,24H,1,4-6,8,13,16H2,2H3. The molecule has 0 aliphatic carbocycles. The SMILES string of the molecule is C=CCCc1ccc(C2CCC(c3ccc(-c4ccc(OCC)c(F)c4F)c(F)c3F)CO2)c(F)c1. The second-order valence-electron chi connectivity index (χ2n) is 8.78. The van der Waals surface area contributed by atoms with Crippen LogP contribution in [-0.4, -0.2) is 13.2 Å². The summed E-state index contributed by atoms with van der Waals surface area (Å²) in [5, 5.41) is 0. The molecule has 0 spiro atoms. The molecule has 2 atom stereocenters. The van der Waals surface area contributed by atoms with Gasteiger partial charge in [-0.05, 0) is 61.9 Å². The van der Waals surface area contributed by atoms with Crippen molar-refractivity contribution in [3.63, 3.8) is 0 Å². The molecule has 1 heterocycles. The summed E-state index contributed by atoms with van der Waals surface area (Å²) in [4.78, 5) is 0. The molecule has 190 valence electrons. The second kappa shape index (κ2) is 11.2. The van der Waals surface area contributed by atoms with Crippen LogP contribution in [0.4, 0.5) is 22.0 Å². The first kappa shape index (κ1) is 25.9. The van der Waals surface area contributed by atoms with Crippen LogP contribution in [0.15, 0.2) is 55.1 Å². The third kappa shape index (κ3) is 5.16. The molecule has 2 nitrogen and oxygen atoms in total. The molecule has 0 amide bonds. The first-order chi connectivity index (χ1) is 17.3. The lowest BCUT2D eigenvalue weighted by Crippen LogP contribution is -2.21. The Morgan fingerprint density at radius 1 is 0.889 bits per heavy atom. The topological polar surface area (TPSA) is 18.5 Å². The van der Waals surface area contributed by atoms with E-state index in [9.17, 15) is 17.6 Å². The Balaban J connectivity index is 1.50. The number of rotatable bonds is 8. The van der Waals surface area contributed by atoms with E-state index in [-0.39, 0.29) is 35.9 Å². The van der Waals surface area contributed by atoms with Gasteiger partial charge in [0.15, 0.2) is 23.2 Å². The predicted octanol–water partition coefficient (Wildman–Crippen LogP) is 8.20. The lowest BCUT2D eigenvalue weighted by Gasteiger charge is -2.30. The van der Waals surface area contributed by atoms with Crippen LogP contribution in [0.1, 0.15) is 54.9 Å². The fourth-order valence-electron chi connectivity index (χ4n) is 4.59. The average Bonchev–Trinajstić information content (AvgIpc) is 2.88. The highest BCUT2D eigenvalue weighted by Crippen LogP contribution is 2.40. The van der Waals surface area contributed by atoms with Crippen LogP contribution in [0.5, 0.6) is 5.75 Å². The van der Waals surface area contributed by atoms with E-state index < -0.39 is 40.9 Å². The van der Waals surface area contributed by atoms with Gasteiger partial charge in [0.1, 0.15) is 5.82 Å². The van der Waals surface area contributed by atoms with Crippen molar-refractivity contribution in [1.82, 2.24) is 0 Å². The minimum Gasteiger partial charge on any atom is -0.491 e. The van der Waals surface area contributed by atoms with E-state index in [1.165, 1.54) is 24.3 Å². The van der Waals surface area contributed by atoms with Crippen molar-refractivity contribution in [2.75, 3.05) is 13.2 Å². The van der Waals surface area contributed by atoms with Crippen LogP contribution in [0.2, 0.25) is 0 Å². The van der Waals surface area contributed by atoms with Gasteiger partial charge in [-0.1, -0.05) is 30.3 Å². The number of ether oxygens (including phenoxy) is 2. The van der Waals surface area contributed by atoms with Crippen LogP contribution in [0.25, 0.3) is 11.1 Å². The maximum atomic E-state index is 15.1. The van der Waals surface area contributed by atoms with Gasteiger partial charge in [-0.3, -0.25) is 0 Å². The van der Waals surface area contributed by atoms with Crippen LogP contribution >= 0.6 is 0 Å². The summed E-state index contributed by atoms with van der Waals surface area (Å²) in [6, 6.07) is 10.00. The van der Waals surface area contributed by atoms with Crippen LogP contribution in [-0.2, 0) is 11.2 Å². The monoisotopic (exact) mass is 502 g/mol. The van der Waals surface area contributed by atoms with E-state index in [1.807, 2.05) is 6.07 Å². The van der Waals surface area contributed by atoms with E-state index in [0.717, 1.165) is 18.1 Å². The zero-order chi connectivity index (χ0) is 25.8. The molecular weight excluding hydrogens is 475 g/mol. The third-order valence-electron chi connectivity index (χ3n) is 6.51. The molecule has 36 heavy (non-hydrogen) atoms. The Kier molecular flexibility index (Phi) is 8.09. The van der Waals surface area contributed by atoms with Gasteiger partial charge in [0.05, 0.1) is 19.3 Å². The molecule has 3 aromatic rings. The van der Waals surface area contributed by atoms with Crippen LogP contribution < -0.4 is 4.74 Å². The lowest BCUT2D eigenvalue weighted by molar-refractivity contribution is -0.000315. The summed E-state index contributed by atoms with van der Waals surface area (Å²) < 4.78 is 84.4. The molecule has 1 saturated heterocycles. The fraction of sp³-hybridized carbons (Fsp3) is 0.310. The highest BCUT2D eigenvalue weighted by atomic mass is 19.2. The molecule has 4 rings (SSSR count). The molecule has 2 unspecified atom stereocenters. The highest BCUT2D eigenvalue weighted by Gasteiger charge is 2.30. The van der Waals surface area contributed by atoms with E-state index in [4.69, 9.17) is 9.47 Å². The predicted molar refractivity (Wildman–Crippen MR) is 128 cm³/mol. The van der Waals surface area contributed by atoms with Gasteiger partial charge in [0, 0.05) is 22.6 Å². The fourth-order valence-corrected chi connectivity index (χ4v) is 4.59. The van der Waals surface area contributed by atoms with Crippen molar-refractivity contribution in [2.45, 2.75) is 44.6 Å². The van der Waals surface area contributed by atoms with Crippen molar-refractivity contribution in [3.8, 4) is 16.9 Å². The van der Waals surface area contributed by atoms with E-state index >= 15 is 4.39 Å². The van der Waals surface area contributed by atoms with E-state index in [1.54, 1.807) is 19.1 Å². The van der Waals surface area contributed by atoms with Crippen molar-refractivity contribution < 1.29 is 31.4 Å². The second-order valence-corrected chi connectivity index (χ2v) is 8.78. The van der Waals surface area contributed by atoms with Gasteiger partial charge >= 0.3 is 0 Å². The Bertz CT molecular complexity index is 1250. The van der Waals surface area contributed by atoms with Gasteiger partial charge in [-0.15, -0.1) is 6.58 Å². The normalized spacial score (nSPS) is 17.7. The summed E-state index contributed by atoms with van der Waals surface area (Å²) in [5.74, 6) is -6.08. The Morgan fingerprint density at radius 2 is 1.58 bits per heavy atom. The summed E-state index contributed by atoms with van der Waals surface area (Å²) in [7, 11) is 0. The van der Waals surface area contributed by atoms with E-state index in [0.29, 0.717) is 24.8 Å². The molecule has 0 bridgehead atoms. The Morgan fingerprint density at radius 3 is 2.22 bits per heavy atom. The number of aryl methyl sites for hydroxylation is 1. The Labute approximate surface area is 207 Å². The first-order valence-electron chi connectivity index (χ1n) is 12.0.